The molecule has 1 aliphatic heterocycles. The first-order valence-electron chi connectivity index (χ1n) is 11.7. The normalized spacial score (nSPS) is 14.9. The fourth-order valence-corrected chi connectivity index (χ4v) is 6.54. The van der Waals surface area contributed by atoms with E-state index in [0.717, 1.165) is 25.6 Å². The highest BCUT2D eigenvalue weighted by molar-refractivity contribution is 9.10. The maximum atomic E-state index is 14.0. The van der Waals surface area contributed by atoms with Crippen molar-refractivity contribution in [2.45, 2.75) is 38.1 Å². The lowest BCUT2D eigenvalue weighted by atomic mass is 10.1. The topological polar surface area (TPSA) is 76.2 Å². The van der Waals surface area contributed by atoms with Gasteiger partial charge in [0.15, 0.2) is 0 Å². The summed E-state index contributed by atoms with van der Waals surface area (Å²) in [5.74, 6) is 0.520. The Labute approximate surface area is 220 Å². The summed E-state index contributed by atoms with van der Waals surface area (Å²) in [7, 11) is -2.73. The monoisotopic (exact) mass is 572 g/mol. The second-order valence-corrected chi connectivity index (χ2v) is 11.4. The molecule has 0 fully saturated rings. The predicted molar refractivity (Wildman–Crippen MR) is 145 cm³/mol. The molecule has 9 heteroatoms. The first-order valence-corrected chi connectivity index (χ1v) is 13.9. The Morgan fingerprint density at radius 3 is 2.50 bits per heavy atom. The number of anilines is 2. The SMILES string of the molecule is CCOc1ccc(N(CC(=O)N2c3ccc(Br)cc3C[C@H]2C)S(=O)(=O)c2cc(C)ccc2OC)cc1. The summed E-state index contributed by atoms with van der Waals surface area (Å²) in [6.45, 7) is 5.77. The van der Waals surface area contributed by atoms with Gasteiger partial charge in [0, 0.05) is 16.2 Å². The Kier molecular flexibility index (Phi) is 7.61. The van der Waals surface area contributed by atoms with Crippen molar-refractivity contribution < 1.29 is 22.7 Å². The molecule has 0 radical (unpaired) electrons. The van der Waals surface area contributed by atoms with E-state index in [1.54, 1.807) is 47.4 Å². The molecule has 0 aliphatic carbocycles. The molecule has 7 nitrogen and oxygen atoms in total. The van der Waals surface area contributed by atoms with Gasteiger partial charge in [-0.1, -0.05) is 22.0 Å². The molecule has 3 aromatic rings. The van der Waals surface area contributed by atoms with Crippen LogP contribution in [0.3, 0.4) is 0 Å². The van der Waals surface area contributed by atoms with Gasteiger partial charge in [-0.05, 0) is 92.9 Å². The average Bonchev–Trinajstić information content (AvgIpc) is 3.17. The van der Waals surface area contributed by atoms with Gasteiger partial charge in [0.25, 0.3) is 10.0 Å². The van der Waals surface area contributed by atoms with E-state index in [0.29, 0.717) is 24.5 Å². The maximum Gasteiger partial charge on any atom is 0.268 e. The number of ether oxygens (including phenoxy) is 2. The summed E-state index contributed by atoms with van der Waals surface area (Å²) in [4.78, 5) is 15.4. The van der Waals surface area contributed by atoms with Crippen LogP contribution in [0.25, 0.3) is 0 Å². The van der Waals surface area contributed by atoms with Crippen LogP contribution in [0.4, 0.5) is 11.4 Å². The van der Waals surface area contributed by atoms with Crippen LogP contribution in [-0.2, 0) is 21.2 Å². The lowest BCUT2D eigenvalue weighted by Gasteiger charge is -2.29. The number of aryl methyl sites for hydroxylation is 1. The van der Waals surface area contributed by atoms with Crippen molar-refractivity contribution in [2.75, 3.05) is 29.5 Å². The highest BCUT2D eigenvalue weighted by Gasteiger charge is 2.36. The third-order valence-corrected chi connectivity index (χ3v) is 8.42. The Balaban J connectivity index is 1.77. The first kappa shape index (κ1) is 26.0. The zero-order valence-corrected chi connectivity index (χ0v) is 23.1. The number of carbonyl (C=O) groups excluding carboxylic acids is 1. The lowest BCUT2D eigenvalue weighted by Crippen LogP contribution is -2.45. The molecule has 1 heterocycles. The van der Waals surface area contributed by atoms with Gasteiger partial charge in [0.2, 0.25) is 5.91 Å². The molecule has 0 unspecified atom stereocenters. The van der Waals surface area contributed by atoms with Crippen LogP contribution in [0.15, 0.2) is 70.0 Å². The van der Waals surface area contributed by atoms with E-state index in [9.17, 15) is 13.2 Å². The number of hydrogen-bond donors (Lipinski definition) is 0. The van der Waals surface area contributed by atoms with Gasteiger partial charge in [-0.3, -0.25) is 9.10 Å². The maximum absolute atomic E-state index is 14.0. The molecule has 1 aliphatic rings. The standard InChI is InChI=1S/C27H29BrN2O5S/c1-5-35-23-10-8-22(9-11-23)29(36(32,33)26-14-18(2)6-13-25(26)34-4)17-27(31)30-19(3)15-20-16-21(28)7-12-24(20)30/h6-14,16,19H,5,15,17H2,1-4H3/t19-/m1/s1. The van der Waals surface area contributed by atoms with Crippen LogP contribution >= 0.6 is 15.9 Å². The Bertz CT molecular complexity index is 1380. The molecular formula is C27H29BrN2O5S. The van der Waals surface area contributed by atoms with Crippen molar-refractivity contribution in [3.63, 3.8) is 0 Å². The largest absolute Gasteiger partial charge is 0.495 e. The molecule has 36 heavy (non-hydrogen) atoms. The summed E-state index contributed by atoms with van der Waals surface area (Å²) in [6, 6.07) is 17.3. The number of sulfonamides is 1. The molecule has 0 N–H and O–H groups in total. The summed E-state index contributed by atoms with van der Waals surface area (Å²) in [5.41, 5.74) is 2.96. The molecule has 0 bridgehead atoms. The molecule has 4 rings (SSSR count). The van der Waals surface area contributed by atoms with E-state index < -0.39 is 10.0 Å². The summed E-state index contributed by atoms with van der Waals surface area (Å²) in [6.07, 6.45) is 0.696. The second kappa shape index (κ2) is 10.5. The number of methoxy groups -OCH3 is 1. The molecule has 0 saturated carbocycles. The van der Waals surface area contributed by atoms with E-state index in [-0.39, 0.29) is 29.1 Å². The van der Waals surface area contributed by atoms with Crippen LogP contribution in [0.2, 0.25) is 0 Å². The van der Waals surface area contributed by atoms with Crippen LogP contribution in [-0.4, -0.2) is 40.6 Å². The molecular weight excluding hydrogens is 544 g/mol. The zero-order chi connectivity index (χ0) is 26.0. The zero-order valence-electron chi connectivity index (χ0n) is 20.7. The van der Waals surface area contributed by atoms with E-state index in [2.05, 4.69) is 15.9 Å². The van der Waals surface area contributed by atoms with Gasteiger partial charge >= 0.3 is 0 Å². The van der Waals surface area contributed by atoms with Crippen molar-refractivity contribution in [1.29, 1.82) is 0 Å². The van der Waals surface area contributed by atoms with Gasteiger partial charge < -0.3 is 14.4 Å². The van der Waals surface area contributed by atoms with Crippen LogP contribution in [0.5, 0.6) is 11.5 Å². The Morgan fingerprint density at radius 2 is 1.83 bits per heavy atom. The van der Waals surface area contributed by atoms with Crippen LogP contribution in [0.1, 0.15) is 25.0 Å². The van der Waals surface area contributed by atoms with Crippen LogP contribution < -0.4 is 18.7 Å². The predicted octanol–water partition coefficient (Wildman–Crippen LogP) is 5.34. The smallest absolute Gasteiger partial charge is 0.268 e. The number of rotatable bonds is 8. The van der Waals surface area contributed by atoms with Gasteiger partial charge in [0.05, 0.1) is 19.4 Å². The van der Waals surface area contributed by atoms with E-state index in [4.69, 9.17) is 9.47 Å². The molecule has 190 valence electrons. The quantitative estimate of drug-likeness (QED) is 0.364. The minimum Gasteiger partial charge on any atom is -0.495 e. The van der Waals surface area contributed by atoms with Gasteiger partial charge in [-0.25, -0.2) is 8.42 Å². The van der Waals surface area contributed by atoms with E-state index in [1.807, 2.05) is 39.0 Å². The summed E-state index contributed by atoms with van der Waals surface area (Å²) < 4.78 is 41.1. The number of carbonyl (C=O) groups is 1. The van der Waals surface area contributed by atoms with Crippen molar-refractivity contribution in [3.8, 4) is 11.5 Å². The van der Waals surface area contributed by atoms with Crippen molar-refractivity contribution in [2.24, 2.45) is 0 Å². The molecule has 1 atom stereocenters. The van der Waals surface area contributed by atoms with E-state index in [1.165, 1.54) is 7.11 Å². The number of benzene rings is 3. The highest BCUT2D eigenvalue weighted by Crippen LogP contribution is 2.36. The third-order valence-electron chi connectivity index (χ3n) is 6.13. The molecule has 0 aromatic heterocycles. The average molecular weight is 574 g/mol. The molecule has 0 saturated heterocycles. The van der Waals surface area contributed by atoms with Crippen molar-refractivity contribution in [3.05, 3.63) is 76.3 Å². The Morgan fingerprint density at radius 1 is 1.11 bits per heavy atom. The van der Waals surface area contributed by atoms with Gasteiger partial charge in [-0.2, -0.15) is 0 Å². The third kappa shape index (κ3) is 5.08. The minimum atomic E-state index is -4.16. The fraction of sp³-hybridized carbons (Fsp3) is 0.296. The first-order chi connectivity index (χ1) is 17.1. The Hall–Kier alpha value is -3.04. The minimum absolute atomic E-state index is 0.00508. The van der Waals surface area contributed by atoms with Gasteiger partial charge in [-0.15, -0.1) is 0 Å². The number of hydrogen-bond acceptors (Lipinski definition) is 5. The summed E-state index contributed by atoms with van der Waals surface area (Å²) >= 11 is 3.49. The number of fused-ring (bicyclic) bond motifs is 1. The van der Waals surface area contributed by atoms with Crippen LogP contribution in [0, 0.1) is 6.92 Å². The molecule has 1 amide bonds. The summed E-state index contributed by atoms with van der Waals surface area (Å²) in [5, 5.41) is 0. The number of halogens is 1. The lowest BCUT2D eigenvalue weighted by molar-refractivity contribution is -0.117. The number of amides is 1. The highest BCUT2D eigenvalue weighted by atomic mass is 79.9. The fourth-order valence-electron chi connectivity index (χ4n) is 4.47. The molecule has 0 spiro atoms. The van der Waals surface area contributed by atoms with Crippen molar-refractivity contribution >= 4 is 43.2 Å². The molecule has 3 aromatic carbocycles. The van der Waals surface area contributed by atoms with Crippen molar-refractivity contribution in [1.82, 2.24) is 0 Å². The van der Waals surface area contributed by atoms with Gasteiger partial charge in [0.1, 0.15) is 22.9 Å². The van der Waals surface area contributed by atoms with E-state index >= 15 is 0 Å². The number of nitrogens with zero attached hydrogens (tertiary/aromatic N) is 2. The second-order valence-electron chi connectivity index (χ2n) is 8.68.